The van der Waals surface area contributed by atoms with Crippen LogP contribution in [0.3, 0.4) is 0 Å². The second-order valence-electron chi connectivity index (χ2n) is 5.50. The van der Waals surface area contributed by atoms with Crippen molar-refractivity contribution in [3.05, 3.63) is 27.8 Å². The highest BCUT2D eigenvalue weighted by Crippen LogP contribution is 2.40. The van der Waals surface area contributed by atoms with Crippen LogP contribution in [0.5, 0.6) is 5.75 Å². The lowest BCUT2D eigenvalue weighted by Crippen LogP contribution is -2.30. The van der Waals surface area contributed by atoms with Crippen LogP contribution in [0.15, 0.2) is 6.07 Å². The number of phenolic OH excluding ortho intramolecular Hbond substituents is 1. The van der Waals surface area contributed by atoms with Crippen molar-refractivity contribution in [1.82, 2.24) is 0 Å². The highest BCUT2D eigenvalue weighted by molar-refractivity contribution is 6.32. The Morgan fingerprint density at radius 2 is 1.88 bits per heavy atom. The molecule has 1 aliphatic carbocycles. The molecule has 3 N–H and O–H groups in total. The van der Waals surface area contributed by atoms with E-state index in [1.165, 1.54) is 24.0 Å². The lowest BCUT2D eigenvalue weighted by Gasteiger charge is -2.26. The van der Waals surface area contributed by atoms with Crippen molar-refractivity contribution in [2.75, 3.05) is 0 Å². The first-order valence-electron chi connectivity index (χ1n) is 6.24. The van der Waals surface area contributed by atoms with Crippen LogP contribution in [0.25, 0.3) is 0 Å². The molecule has 1 aromatic carbocycles. The molecule has 0 aromatic heterocycles. The molecular formula is C14H20ClNO. The Bertz CT molecular complexity index is 435. The zero-order valence-electron chi connectivity index (χ0n) is 10.5. The molecule has 0 amide bonds. The van der Waals surface area contributed by atoms with Gasteiger partial charge in [0.25, 0.3) is 0 Å². The lowest BCUT2D eigenvalue weighted by molar-refractivity contribution is 0.437. The fourth-order valence-electron chi connectivity index (χ4n) is 2.73. The summed E-state index contributed by atoms with van der Waals surface area (Å²) in [5.74, 6) is 0.166. The Morgan fingerprint density at radius 3 is 2.53 bits per heavy atom. The SMILES string of the molecule is CC(C)(N)c1c(O)c(Cl)cc2c1CCCCC2. The van der Waals surface area contributed by atoms with E-state index in [4.69, 9.17) is 17.3 Å². The quantitative estimate of drug-likeness (QED) is 0.753. The van der Waals surface area contributed by atoms with Crippen molar-refractivity contribution < 1.29 is 5.11 Å². The van der Waals surface area contributed by atoms with Crippen LogP contribution in [-0.2, 0) is 18.4 Å². The summed E-state index contributed by atoms with van der Waals surface area (Å²) in [5, 5.41) is 10.6. The van der Waals surface area contributed by atoms with Crippen LogP contribution in [-0.4, -0.2) is 5.11 Å². The Morgan fingerprint density at radius 1 is 1.24 bits per heavy atom. The number of benzene rings is 1. The molecule has 2 rings (SSSR count). The number of halogens is 1. The first-order valence-corrected chi connectivity index (χ1v) is 6.61. The number of hydrogen-bond donors (Lipinski definition) is 2. The molecule has 0 atom stereocenters. The van der Waals surface area contributed by atoms with Gasteiger partial charge in [0.2, 0.25) is 0 Å². The summed E-state index contributed by atoms with van der Waals surface area (Å²) in [4.78, 5) is 0. The van der Waals surface area contributed by atoms with E-state index in [0.717, 1.165) is 24.8 Å². The summed E-state index contributed by atoms with van der Waals surface area (Å²) in [6, 6.07) is 1.91. The zero-order valence-corrected chi connectivity index (χ0v) is 11.3. The average Bonchev–Trinajstić information content (AvgIpc) is 2.42. The maximum absolute atomic E-state index is 10.2. The van der Waals surface area contributed by atoms with Crippen LogP contribution in [0, 0.1) is 0 Å². The number of aromatic hydroxyl groups is 1. The third kappa shape index (κ3) is 2.43. The molecule has 0 spiro atoms. The number of nitrogens with two attached hydrogens (primary N) is 1. The minimum atomic E-state index is -0.552. The summed E-state index contributed by atoms with van der Waals surface area (Å²) in [6.45, 7) is 3.84. The smallest absolute Gasteiger partial charge is 0.139 e. The van der Waals surface area contributed by atoms with Crippen LogP contribution >= 0.6 is 11.6 Å². The molecule has 0 saturated heterocycles. The van der Waals surface area contributed by atoms with Gasteiger partial charge in [-0.15, -0.1) is 0 Å². The second-order valence-corrected chi connectivity index (χ2v) is 5.91. The van der Waals surface area contributed by atoms with Gasteiger partial charge in [0.15, 0.2) is 0 Å². The average molecular weight is 254 g/mol. The van der Waals surface area contributed by atoms with Gasteiger partial charge < -0.3 is 10.8 Å². The predicted molar refractivity (Wildman–Crippen MR) is 71.6 cm³/mol. The maximum Gasteiger partial charge on any atom is 0.139 e. The zero-order chi connectivity index (χ0) is 12.6. The highest BCUT2D eigenvalue weighted by atomic mass is 35.5. The van der Waals surface area contributed by atoms with E-state index < -0.39 is 5.54 Å². The summed E-state index contributed by atoms with van der Waals surface area (Å²) in [5.41, 5.74) is 8.95. The van der Waals surface area contributed by atoms with Gasteiger partial charge in [-0.2, -0.15) is 0 Å². The molecule has 0 fully saturated rings. The van der Waals surface area contributed by atoms with Crippen LogP contribution in [0.1, 0.15) is 49.8 Å². The minimum absolute atomic E-state index is 0.166. The van der Waals surface area contributed by atoms with Gasteiger partial charge in [0, 0.05) is 11.1 Å². The van der Waals surface area contributed by atoms with Gasteiger partial charge in [-0.25, -0.2) is 0 Å². The van der Waals surface area contributed by atoms with Crippen molar-refractivity contribution in [1.29, 1.82) is 0 Å². The van der Waals surface area contributed by atoms with Crippen molar-refractivity contribution in [2.24, 2.45) is 5.73 Å². The molecule has 1 aliphatic rings. The molecule has 0 unspecified atom stereocenters. The number of aryl methyl sites for hydroxylation is 1. The predicted octanol–water partition coefficient (Wildman–Crippen LogP) is 3.51. The van der Waals surface area contributed by atoms with Crippen LogP contribution in [0.2, 0.25) is 5.02 Å². The molecule has 3 heteroatoms. The van der Waals surface area contributed by atoms with Crippen LogP contribution in [0.4, 0.5) is 0 Å². The van der Waals surface area contributed by atoms with E-state index in [0.29, 0.717) is 5.02 Å². The monoisotopic (exact) mass is 253 g/mol. The van der Waals surface area contributed by atoms with Crippen molar-refractivity contribution in [3.63, 3.8) is 0 Å². The number of phenols is 1. The molecular weight excluding hydrogens is 234 g/mol. The third-order valence-electron chi connectivity index (χ3n) is 3.47. The van der Waals surface area contributed by atoms with E-state index in [1.807, 2.05) is 19.9 Å². The van der Waals surface area contributed by atoms with E-state index in [9.17, 15) is 5.11 Å². The molecule has 1 aromatic rings. The summed E-state index contributed by atoms with van der Waals surface area (Å²) in [7, 11) is 0. The van der Waals surface area contributed by atoms with Crippen molar-refractivity contribution in [2.45, 2.75) is 51.5 Å². The van der Waals surface area contributed by atoms with E-state index in [-0.39, 0.29) is 5.75 Å². The fraction of sp³-hybridized carbons (Fsp3) is 0.571. The molecule has 0 heterocycles. The molecule has 0 saturated carbocycles. The number of fused-ring (bicyclic) bond motifs is 1. The summed E-state index contributed by atoms with van der Waals surface area (Å²) >= 11 is 6.10. The fourth-order valence-corrected chi connectivity index (χ4v) is 2.95. The maximum atomic E-state index is 10.2. The number of hydrogen-bond acceptors (Lipinski definition) is 2. The Labute approximate surface area is 108 Å². The topological polar surface area (TPSA) is 46.2 Å². The highest BCUT2D eigenvalue weighted by Gasteiger charge is 2.27. The van der Waals surface area contributed by atoms with Gasteiger partial charge in [0.1, 0.15) is 5.75 Å². The van der Waals surface area contributed by atoms with Crippen molar-refractivity contribution in [3.8, 4) is 5.75 Å². The van der Waals surface area contributed by atoms with E-state index in [2.05, 4.69) is 0 Å². The Hall–Kier alpha value is -0.730. The molecule has 17 heavy (non-hydrogen) atoms. The number of rotatable bonds is 1. The molecule has 94 valence electrons. The standard InChI is InChI=1S/C14H20ClNO/c1-14(2,16)12-10-7-5-3-4-6-9(10)8-11(15)13(12)17/h8,17H,3-7,16H2,1-2H3. The largest absolute Gasteiger partial charge is 0.506 e. The Kier molecular flexibility index (Phi) is 3.37. The lowest BCUT2D eigenvalue weighted by atomic mass is 9.85. The van der Waals surface area contributed by atoms with Gasteiger partial charge >= 0.3 is 0 Å². The van der Waals surface area contributed by atoms with Crippen LogP contribution < -0.4 is 5.73 Å². The van der Waals surface area contributed by atoms with Gasteiger partial charge in [-0.1, -0.05) is 18.0 Å². The van der Waals surface area contributed by atoms with Gasteiger partial charge in [-0.05, 0) is 56.7 Å². The normalized spacial score (nSPS) is 16.5. The molecule has 0 bridgehead atoms. The first kappa shape index (κ1) is 12.7. The molecule has 0 aliphatic heterocycles. The minimum Gasteiger partial charge on any atom is -0.506 e. The molecule has 0 radical (unpaired) electrons. The molecule has 2 nitrogen and oxygen atoms in total. The van der Waals surface area contributed by atoms with E-state index >= 15 is 0 Å². The summed E-state index contributed by atoms with van der Waals surface area (Å²) < 4.78 is 0. The van der Waals surface area contributed by atoms with Crippen molar-refractivity contribution >= 4 is 11.6 Å². The summed E-state index contributed by atoms with van der Waals surface area (Å²) in [6.07, 6.45) is 5.63. The van der Waals surface area contributed by atoms with Gasteiger partial charge in [-0.3, -0.25) is 0 Å². The van der Waals surface area contributed by atoms with E-state index in [1.54, 1.807) is 0 Å². The Balaban J connectivity index is 2.66. The van der Waals surface area contributed by atoms with Gasteiger partial charge in [0.05, 0.1) is 5.02 Å². The first-order chi connectivity index (χ1) is 7.91. The second kappa shape index (κ2) is 4.51. The third-order valence-corrected chi connectivity index (χ3v) is 3.76.